The van der Waals surface area contributed by atoms with Crippen molar-refractivity contribution in [2.45, 2.75) is 51.3 Å². The van der Waals surface area contributed by atoms with Crippen molar-refractivity contribution in [1.82, 2.24) is 4.57 Å². The molecule has 0 aromatic carbocycles. The van der Waals surface area contributed by atoms with E-state index in [-0.39, 0.29) is 8.83 Å². The number of unbranched alkanes of at least 4 members (excludes halogenated alkanes) is 2. The van der Waals surface area contributed by atoms with Crippen LogP contribution in [0.25, 0.3) is 0 Å². The van der Waals surface area contributed by atoms with Gasteiger partial charge >= 0.3 is 0 Å². The second-order valence-corrected chi connectivity index (χ2v) is 7.28. The lowest BCUT2D eigenvalue weighted by molar-refractivity contribution is 0.379. The highest BCUT2D eigenvalue weighted by atomic mass is 32.4. The lowest BCUT2D eigenvalue weighted by Gasteiger charge is -2.40. The molecule has 12 heavy (non-hydrogen) atoms. The van der Waals surface area contributed by atoms with E-state index in [1.165, 1.54) is 38.6 Å². The first-order chi connectivity index (χ1) is 5.88. The fourth-order valence-electron chi connectivity index (χ4n) is 1.50. The fourth-order valence-corrected chi connectivity index (χ4v) is 5.64. The van der Waals surface area contributed by atoms with Gasteiger partial charge in [-0.2, -0.15) is 11.2 Å². The Morgan fingerprint density at radius 2 is 2.00 bits per heavy atom. The van der Waals surface area contributed by atoms with Gasteiger partial charge in [0.1, 0.15) is 0 Å². The van der Waals surface area contributed by atoms with Crippen molar-refractivity contribution < 1.29 is 0 Å². The summed E-state index contributed by atoms with van der Waals surface area (Å²) in [5, 5.41) is 0.933. The Morgan fingerprint density at radius 1 is 1.25 bits per heavy atom. The van der Waals surface area contributed by atoms with Crippen molar-refractivity contribution in [2.24, 2.45) is 0 Å². The van der Waals surface area contributed by atoms with E-state index in [4.69, 9.17) is 0 Å². The van der Waals surface area contributed by atoms with Crippen molar-refractivity contribution in [3.8, 4) is 0 Å². The average molecular weight is 203 g/mol. The number of hydrogen-bond donors (Lipinski definition) is 0. The van der Waals surface area contributed by atoms with Crippen molar-refractivity contribution in [2.75, 3.05) is 6.54 Å². The molecule has 3 heteroatoms. The molecule has 0 amide bonds. The summed E-state index contributed by atoms with van der Waals surface area (Å²) in [7, 11) is 0.173. The zero-order chi connectivity index (χ0) is 8.81. The molecule has 0 spiro atoms. The molecule has 0 radical (unpaired) electrons. The molecule has 1 heterocycles. The summed E-state index contributed by atoms with van der Waals surface area (Å²) in [6.45, 7) is 5.97. The lowest BCUT2D eigenvalue weighted by Crippen LogP contribution is -2.45. The van der Waals surface area contributed by atoms with Crippen LogP contribution in [-0.4, -0.2) is 25.3 Å². The largest absolute Gasteiger partial charge is 0.309 e. The minimum absolute atomic E-state index is 0.173. The quantitative estimate of drug-likeness (QED) is 0.610. The summed E-state index contributed by atoms with van der Waals surface area (Å²) >= 11 is 2.27. The maximum absolute atomic E-state index is 2.77. The van der Waals surface area contributed by atoms with Crippen LogP contribution in [0, 0.1) is 0 Å². The summed E-state index contributed by atoms with van der Waals surface area (Å²) in [5.74, 6) is 0. The van der Waals surface area contributed by atoms with Crippen LogP contribution in [0.1, 0.15) is 46.0 Å². The maximum Gasteiger partial charge on any atom is 0.161 e. The number of nitrogens with zero attached hydrogens (tertiary/aromatic N) is 1. The van der Waals surface area contributed by atoms with E-state index in [0.29, 0.717) is 0 Å². The molecule has 1 aliphatic rings. The highest BCUT2D eigenvalue weighted by Gasteiger charge is 2.26. The van der Waals surface area contributed by atoms with Crippen molar-refractivity contribution >= 4 is 20.0 Å². The molecule has 0 N–H and O–H groups in total. The molecule has 1 aliphatic heterocycles. The monoisotopic (exact) mass is 203 g/mol. The van der Waals surface area contributed by atoms with Crippen LogP contribution in [0.4, 0.5) is 0 Å². The van der Waals surface area contributed by atoms with Crippen LogP contribution < -0.4 is 0 Å². The maximum atomic E-state index is 2.77. The van der Waals surface area contributed by atoms with Crippen LogP contribution in [-0.2, 0) is 0 Å². The van der Waals surface area contributed by atoms with Gasteiger partial charge in [-0.1, -0.05) is 33.1 Å². The van der Waals surface area contributed by atoms with E-state index in [0.717, 1.165) is 5.37 Å². The summed E-state index contributed by atoms with van der Waals surface area (Å²) in [5.41, 5.74) is 0. The summed E-state index contributed by atoms with van der Waals surface area (Å²) in [6.07, 6.45) is 7.00. The van der Waals surface area contributed by atoms with E-state index in [2.05, 4.69) is 29.6 Å². The summed E-state index contributed by atoms with van der Waals surface area (Å²) < 4.78 is 2.77. The summed E-state index contributed by atoms with van der Waals surface area (Å²) in [6, 6.07) is 0. The van der Waals surface area contributed by atoms with Crippen LogP contribution in [0.3, 0.4) is 0 Å². The van der Waals surface area contributed by atoms with Gasteiger partial charge < -0.3 is 4.57 Å². The summed E-state index contributed by atoms with van der Waals surface area (Å²) in [4.78, 5) is 0. The van der Waals surface area contributed by atoms with Crippen LogP contribution in [0.15, 0.2) is 0 Å². The first-order valence-electron chi connectivity index (χ1n) is 5.24. The molecular formula is C9H21NSSi. The number of hydrogen-bond acceptors (Lipinski definition) is 2. The van der Waals surface area contributed by atoms with Gasteiger partial charge in [0.05, 0.1) is 0 Å². The Labute approximate surface area is 82.8 Å². The van der Waals surface area contributed by atoms with Gasteiger partial charge in [-0.3, -0.25) is 0 Å². The highest BCUT2D eigenvalue weighted by Crippen LogP contribution is 2.30. The van der Waals surface area contributed by atoms with Gasteiger partial charge in [-0.15, -0.1) is 0 Å². The Morgan fingerprint density at radius 3 is 2.50 bits per heavy atom. The van der Waals surface area contributed by atoms with Gasteiger partial charge in [-0.05, 0) is 19.4 Å². The molecule has 1 nitrogen and oxygen atoms in total. The van der Waals surface area contributed by atoms with Gasteiger partial charge in [0, 0.05) is 5.37 Å². The third-order valence-corrected chi connectivity index (χ3v) is 7.46. The minimum atomic E-state index is 0.173. The third kappa shape index (κ3) is 3.11. The normalized spacial score (nSPS) is 26.0. The smallest absolute Gasteiger partial charge is 0.161 e. The average Bonchev–Trinajstić information content (AvgIpc) is 2.04. The third-order valence-electron chi connectivity index (χ3n) is 2.44. The van der Waals surface area contributed by atoms with E-state index in [9.17, 15) is 0 Å². The highest BCUT2D eigenvalue weighted by molar-refractivity contribution is 8.24. The number of rotatable bonds is 6. The van der Waals surface area contributed by atoms with Crippen LogP contribution >= 0.6 is 11.2 Å². The topological polar surface area (TPSA) is 3.24 Å². The Hall–Kier alpha value is 0.527. The molecule has 0 aromatic heterocycles. The zero-order valence-corrected chi connectivity index (χ0v) is 10.6. The van der Waals surface area contributed by atoms with E-state index >= 15 is 0 Å². The zero-order valence-electron chi connectivity index (χ0n) is 8.38. The molecule has 1 rings (SSSR count). The molecular weight excluding hydrogens is 182 g/mol. The van der Waals surface area contributed by atoms with Gasteiger partial charge in [0.15, 0.2) is 8.83 Å². The van der Waals surface area contributed by atoms with Crippen LogP contribution in [0.2, 0.25) is 0 Å². The van der Waals surface area contributed by atoms with Crippen molar-refractivity contribution in [3.63, 3.8) is 0 Å². The van der Waals surface area contributed by atoms with Crippen molar-refractivity contribution in [1.29, 1.82) is 0 Å². The molecule has 1 atom stereocenters. The molecule has 1 saturated heterocycles. The SMILES string of the molecule is CCCCC1S[SiH2]N1CCCC. The molecule has 72 valence electrons. The molecule has 1 fully saturated rings. The van der Waals surface area contributed by atoms with E-state index in [1.807, 2.05) is 0 Å². The lowest BCUT2D eigenvalue weighted by atomic mass is 10.2. The second kappa shape index (κ2) is 6.05. The first-order valence-corrected chi connectivity index (χ1v) is 8.65. The van der Waals surface area contributed by atoms with E-state index in [1.54, 1.807) is 0 Å². The fraction of sp³-hybridized carbons (Fsp3) is 1.00. The Bertz CT molecular complexity index is 107. The van der Waals surface area contributed by atoms with E-state index < -0.39 is 0 Å². The minimum Gasteiger partial charge on any atom is -0.309 e. The van der Waals surface area contributed by atoms with Gasteiger partial charge in [0.25, 0.3) is 0 Å². The van der Waals surface area contributed by atoms with Gasteiger partial charge in [0.2, 0.25) is 0 Å². The molecule has 0 saturated carbocycles. The Kier molecular flexibility index (Phi) is 5.35. The molecule has 0 aromatic rings. The molecule has 0 bridgehead atoms. The van der Waals surface area contributed by atoms with Crippen molar-refractivity contribution in [3.05, 3.63) is 0 Å². The first kappa shape index (κ1) is 10.6. The molecule has 1 unspecified atom stereocenters. The predicted octanol–water partition coefficient (Wildman–Crippen LogP) is 2.35. The van der Waals surface area contributed by atoms with Gasteiger partial charge in [-0.25, -0.2) is 0 Å². The van der Waals surface area contributed by atoms with Crippen LogP contribution in [0.5, 0.6) is 0 Å². The Balaban J connectivity index is 2.03. The second-order valence-electron chi connectivity index (χ2n) is 3.56. The predicted molar refractivity (Wildman–Crippen MR) is 61.1 cm³/mol. The molecule has 0 aliphatic carbocycles. The standard InChI is InChI=1S/C9H21NSSi/c1-3-5-7-9-10(12-11-9)8-6-4-2/h9H,3-8,12H2,1-2H3.